The van der Waals surface area contributed by atoms with Crippen LogP contribution in [0.4, 0.5) is 15.8 Å². The van der Waals surface area contributed by atoms with Crippen molar-refractivity contribution in [1.82, 2.24) is 5.32 Å². The molecule has 2 aliphatic rings. The van der Waals surface area contributed by atoms with Crippen molar-refractivity contribution in [2.75, 3.05) is 36.4 Å². The van der Waals surface area contributed by atoms with E-state index in [0.29, 0.717) is 18.0 Å². The Morgan fingerprint density at radius 1 is 1.19 bits per heavy atom. The van der Waals surface area contributed by atoms with Crippen LogP contribution in [0.15, 0.2) is 42.5 Å². The first-order valence-corrected chi connectivity index (χ1v) is 9.85. The summed E-state index contributed by atoms with van der Waals surface area (Å²) in [6.45, 7) is 3.48. The molecule has 1 amide bonds. The van der Waals surface area contributed by atoms with Crippen LogP contribution in [0.25, 0.3) is 0 Å². The first kappa shape index (κ1) is 17.8. The summed E-state index contributed by atoms with van der Waals surface area (Å²) in [5, 5.41) is 6.30. The van der Waals surface area contributed by atoms with Gasteiger partial charge in [-0.05, 0) is 61.4 Å². The maximum Gasteiger partial charge on any atom is 0.253 e. The van der Waals surface area contributed by atoms with E-state index in [1.165, 1.54) is 17.8 Å². The molecule has 2 aliphatic heterocycles. The Bertz CT molecular complexity index is 801. The summed E-state index contributed by atoms with van der Waals surface area (Å²) in [5.74, 6) is -0.0457. The molecule has 0 aromatic heterocycles. The van der Waals surface area contributed by atoms with E-state index >= 15 is 0 Å². The van der Waals surface area contributed by atoms with Crippen LogP contribution < -0.4 is 15.5 Å². The quantitative estimate of drug-likeness (QED) is 0.863. The van der Waals surface area contributed by atoms with Gasteiger partial charge in [0.05, 0.1) is 11.3 Å². The minimum Gasteiger partial charge on any atom is -0.384 e. The first-order chi connectivity index (χ1) is 13.2. The molecule has 0 bridgehead atoms. The summed E-state index contributed by atoms with van der Waals surface area (Å²) >= 11 is 0. The number of carbonyl (C=O) groups excluding carboxylic acids is 1. The third-order valence-electron chi connectivity index (χ3n) is 5.64. The number of halogens is 1. The van der Waals surface area contributed by atoms with Crippen molar-refractivity contribution in [1.29, 1.82) is 0 Å². The van der Waals surface area contributed by atoms with Gasteiger partial charge in [-0.2, -0.15) is 0 Å². The molecule has 0 spiro atoms. The number of benzene rings is 2. The molecule has 2 heterocycles. The maximum atomic E-state index is 13.9. The fourth-order valence-corrected chi connectivity index (χ4v) is 4.11. The molecular weight excluding hydrogens is 341 g/mol. The van der Waals surface area contributed by atoms with Gasteiger partial charge in [0.2, 0.25) is 0 Å². The van der Waals surface area contributed by atoms with Gasteiger partial charge < -0.3 is 15.5 Å². The van der Waals surface area contributed by atoms with Gasteiger partial charge in [0.1, 0.15) is 5.82 Å². The van der Waals surface area contributed by atoms with Gasteiger partial charge in [-0.15, -0.1) is 0 Å². The van der Waals surface area contributed by atoms with Crippen molar-refractivity contribution in [3.8, 4) is 0 Å². The number of hydrogen-bond acceptors (Lipinski definition) is 3. The largest absolute Gasteiger partial charge is 0.384 e. The number of piperidine rings is 1. The third-order valence-corrected chi connectivity index (χ3v) is 5.64. The minimum atomic E-state index is -0.334. The van der Waals surface area contributed by atoms with Gasteiger partial charge in [0.15, 0.2) is 0 Å². The number of nitrogens with one attached hydrogen (secondary N) is 2. The lowest BCUT2D eigenvalue weighted by Crippen LogP contribution is -2.39. The lowest BCUT2D eigenvalue weighted by Gasteiger charge is -2.33. The summed E-state index contributed by atoms with van der Waals surface area (Å²) in [4.78, 5) is 15.1. The van der Waals surface area contributed by atoms with Crippen LogP contribution >= 0.6 is 0 Å². The van der Waals surface area contributed by atoms with Crippen LogP contribution in [0.3, 0.4) is 0 Å². The molecule has 0 unspecified atom stereocenters. The van der Waals surface area contributed by atoms with E-state index in [2.05, 4.69) is 39.8 Å². The van der Waals surface area contributed by atoms with Gasteiger partial charge >= 0.3 is 0 Å². The van der Waals surface area contributed by atoms with E-state index in [9.17, 15) is 9.18 Å². The number of hydrogen-bond donors (Lipinski definition) is 2. The summed E-state index contributed by atoms with van der Waals surface area (Å²) in [5.41, 5.74) is 3.41. The standard InChI is InChI=1S/C22H26FN3O/c23-18-13-17-5-4-10-24-21(17)20(14-18)22(27)25-15-16-8-11-26(12-9-16)19-6-2-1-3-7-19/h1-3,6-7,13-14,16,24H,4-5,8-12,15H2,(H,25,27). The predicted molar refractivity (Wildman–Crippen MR) is 107 cm³/mol. The molecular formula is C22H26FN3O. The Balaban J connectivity index is 1.34. The lowest BCUT2D eigenvalue weighted by molar-refractivity contribution is 0.0945. The second-order valence-electron chi connectivity index (χ2n) is 7.49. The summed E-state index contributed by atoms with van der Waals surface area (Å²) in [6.07, 6.45) is 3.89. The molecule has 2 N–H and O–H groups in total. The molecule has 2 aromatic carbocycles. The number of fused-ring (bicyclic) bond motifs is 1. The molecule has 142 valence electrons. The zero-order valence-electron chi connectivity index (χ0n) is 15.5. The average Bonchev–Trinajstić information content (AvgIpc) is 2.72. The fraction of sp³-hybridized carbons (Fsp3) is 0.409. The highest BCUT2D eigenvalue weighted by molar-refractivity contribution is 6.00. The van der Waals surface area contributed by atoms with Crippen LogP contribution in [-0.4, -0.2) is 32.1 Å². The van der Waals surface area contributed by atoms with Crippen LogP contribution in [0.1, 0.15) is 35.2 Å². The predicted octanol–water partition coefficient (Wildman–Crippen LogP) is 3.83. The topological polar surface area (TPSA) is 44.4 Å². The van der Waals surface area contributed by atoms with Gasteiger partial charge in [-0.25, -0.2) is 4.39 Å². The van der Waals surface area contributed by atoms with Gasteiger partial charge in [-0.1, -0.05) is 18.2 Å². The van der Waals surface area contributed by atoms with E-state index < -0.39 is 0 Å². The molecule has 27 heavy (non-hydrogen) atoms. The van der Waals surface area contributed by atoms with Crippen molar-refractivity contribution in [2.24, 2.45) is 5.92 Å². The van der Waals surface area contributed by atoms with E-state index in [4.69, 9.17) is 0 Å². The second-order valence-corrected chi connectivity index (χ2v) is 7.49. The van der Waals surface area contributed by atoms with Gasteiger partial charge in [-0.3, -0.25) is 4.79 Å². The number of para-hydroxylation sites is 1. The van der Waals surface area contributed by atoms with E-state index in [0.717, 1.165) is 56.6 Å². The zero-order chi connectivity index (χ0) is 18.6. The number of aryl methyl sites for hydroxylation is 1. The number of rotatable bonds is 4. The fourth-order valence-electron chi connectivity index (χ4n) is 4.11. The molecule has 0 atom stereocenters. The Kier molecular flexibility index (Phi) is 5.28. The highest BCUT2D eigenvalue weighted by Crippen LogP contribution is 2.28. The van der Waals surface area contributed by atoms with Crippen molar-refractivity contribution in [3.63, 3.8) is 0 Å². The maximum absolute atomic E-state index is 13.9. The van der Waals surface area contributed by atoms with E-state index in [-0.39, 0.29) is 11.7 Å². The normalized spacial score (nSPS) is 17.1. The van der Waals surface area contributed by atoms with Crippen molar-refractivity contribution in [3.05, 3.63) is 59.4 Å². The van der Waals surface area contributed by atoms with E-state index in [1.54, 1.807) is 0 Å². The highest BCUT2D eigenvalue weighted by atomic mass is 19.1. The third kappa shape index (κ3) is 4.07. The minimum absolute atomic E-state index is 0.175. The molecule has 1 fully saturated rings. The smallest absolute Gasteiger partial charge is 0.253 e. The lowest BCUT2D eigenvalue weighted by atomic mass is 9.95. The molecule has 0 radical (unpaired) electrons. The zero-order valence-corrected chi connectivity index (χ0v) is 15.5. The second kappa shape index (κ2) is 7.99. The number of anilines is 2. The van der Waals surface area contributed by atoms with Crippen molar-refractivity contribution < 1.29 is 9.18 Å². The molecule has 4 rings (SSSR count). The van der Waals surface area contributed by atoms with Gasteiger partial charge in [0, 0.05) is 31.9 Å². The number of carbonyl (C=O) groups is 1. The van der Waals surface area contributed by atoms with Crippen LogP contribution in [-0.2, 0) is 6.42 Å². The summed E-state index contributed by atoms with van der Waals surface area (Å²) in [6, 6.07) is 13.3. The average molecular weight is 367 g/mol. The Labute approximate surface area is 159 Å². The Morgan fingerprint density at radius 3 is 2.74 bits per heavy atom. The number of amides is 1. The van der Waals surface area contributed by atoms with Crippen LogP contribution in [0, 0.1) is 11.7 Å². The highest BCUT2D eigenvalue weighted by Gasteiger charge is 2.22. The van der Waals surface area contributed by atoms with Gasteiger partial charge in [0.25, 0.3) is 5.91 Å². The van der Waals surface area contributed by atoms with Crippen LogP contribution in [0.5, 0.6) is 0 Å². The number of nitrogens with zero attached hydrogens (tertiary/aromatic N) is 1. The Morgan fingerprint density at radius 2 is 1.96 bits per heavy atom. The molecule has 0 saturated carbocycles. The summed E-state index contributed by atoms with van der Waals surface area (Å²) < 4.78 is 13.9. The molecule has 5 heteroatoms. The monoisotopic (exact) mass is 367 g/mol. The van der Waals surface area contributed by atoms with Crippen molar-refractivity contribution in [2.45, 2.75) is 25.7 Å². The summed E-state index contributed by atoms with van der Waals surface area (Å²) in [7, 11) is 0. The Hall–Kier alpha value is -2.56. The van der Waals surface area contributed by atoms with Crippen LogP contribution in [0.2, 0.25) is 0 Å². The molecule has 1 saturated heterocycles. The SMILES string of the molecule is O=C(NCC1CCN(c2ccccc2)CC1)c1cc(F)cc2c1NCCC2. The first-order valence-electron chi connectivity index (χ1n) is 9.85. The molecule has 0 aliphatic carbocycles. The van der Waals surface area contributed by atoms with E-state index in [1.807, 2.05) is 6.07 Å². The molecule has 4 nitrogen and oxygen atoms in total. The molecule has 2 aromatic rings. The van der Waals surface area contributed by atoms with Crippen molar-refractivity contribution >= 4 is 17.3 Å².